The van der Waals surface area contributed by atoms with E-state index in [-0.39, 0.29) is 109 Å². The van der Waals surface area contributed by atoms with Crippen LogP contribution >= 0.6 is 0 Å². The summed E-state index contributed by atoms with van der Waals surface area (Å²) in [6.45, 7) is 7.53. The van der Waals surface area contributed by atoms with Crippen molar-refractivity contribution < 1.29 is 77.3 Å². The van der Waals surface area contributed by atoms with Crippen molar-refractivity contribution in [1.82, 2.24) is 68.8 Å². The molecule has 14 amide bonds. The average molecular weight is 1560 g/mol. The lowest BCUT2D eigenvalue weighted by Crippen LogP contribution is -2.62. The van der Waals surface area contributed by atoms with Crippen LogP contribution in [-0.4, -0.2) is 209 Å². The van der Waals surface area contributed by atoms with Crippen LogP contribution in [0.15, 0.2) is 90.1 Å². The number of amides is 14. The molecule has 0 bridgehead atoms. The van der Waals surface area contributed by atoms with Gasteiger partial charge in [-0.3, -0.25) is 72.1 Å². The summed E-state index contributed by atoms with van der Waals surface area (Å²) < 4.78 is 0. The van der Waals surface area contributed by atoms with Crippen LogP contribution in [0.5, 0.6) is 5.75 Å². The molecule has 1 aromatic heterocycles. The molecule has 0 spiro atoms. The lowest BCUT2D eigenvalue weighted by Gasteiger charge is -2.29. The molecule has 5 rings (SSSR count). The van der Waals surface area contributed by atoms with Crippen LogP contribution in [0, 0.1) is 11.8 Å². The van der Waals surface area contributed by atoms with E-state index in [0.29, 0.717) is 40.4 Å². The van der Waals surface area contributed by atoms with E-state index in [1.54, 1.807) is 88.5 Å². The number of aromatic nitrogens is 1. The standard InChI is InChI=1S/C75H113N21O16/c1-40(2)60-72(110)84-34-14-20-49(78)63(101)87-51(22-11-12-32-76)66(104)91-55(36-43-16-7-6-8-17-43)71(109)96-62(42(5)97)74(112)95-61(41(3)4)73(111)90-53(28-30-58(79)99)65(103)83-33-13-19-48(77)64(102)88-52(23-15-35-85-75(81)82)67(105)93-57(38-45-39-86-50-21-10-9-18-47(45)50)69(107)89-54(29-31-59(80)100)68(106)92-56(70(108)94-60)37-44-24-26-46(98)27-25-44/h6-10,16-18,21,24-27,39-42,48-49,51-57,60-62,86,97-98H,11-15,19-20,22-23,28-38,76-78H2,1-5H3,(H2,79,99)(H2,80,100)(H,83,103)(H,84,110)(H,87,101)(H,88,102)(H,89,107)(H,90,111)(H,91,104)(H,92,106)(H,93,105)(H,94,108)(H,95,112)(H,96,109)(H4,81,82,85)/t42-,48+,49+,51?,52?,53?,54?,55+,56+,57+,60?,61+,62?/m1/s1. The summed E-state index contributed by atoms with van der Waals surface area (Å²) in [5.74, 6) is -14.2. The number of aromatic hydroxyl groups is 1. The first-order valence-corrected chi connectivity index (χ1v) is 37.6. The SMILES string of the molecule is CC(C)C1NC(=O)[C@H](Cc2ccc(O)cc2)NC(=O)C(CCC(N)=O)NC(=O)[C@H](Cc2c[nH]c3ccccc23)NC(=O)C(CCCN=C(N)N)NC(=O)[C@@H](N)CCCNC(=O)C(CCC(N)=O)NC(=O)[C@H](C(C)C)NC(=O)C([C@@H](C)O)NC(=O)[C@H](Cc2ccccc2)NC(=O)C(CCCCN)NC(=O)[C@@H](N)CCCNC1=O. The molecule has 37 nitrogen and oxygen atoms in total. The summed E-state index contributed by atoms with van der Waals surface area (Å²) in [7, 11) is 0. The number of hydrogen-bond donors (Lipinski definition) is 22. The number of phenols is 1. The highest BCUT2D eigenvalue weighted by molar-refractivity contribution is 6.00. The van der Waals surface area contributed by atoms with Gasteiger partial charge < -0.3 is 119 Å². The van der Waals surface area contributed by atoms with Crippen molar-refractivity contribution in [2.45, 2.75) is 216 Å². The minimum absolute atomic E-state index is 0.00103. The number of aliphatic hydroxyl groups is 1. The maximum absolute atomic E-state index is 15.0. The van der Waals surface area contributed by atoms with Crippen LogP contribution in [0.25, 0.3) is 10.9 Å². The monoisotopic (exact) mass is 1560 g/mol. The zero-order valence-electron chi connectivity index (χ0n) is 64.0. The number of H-pyrrole nitrogens is 1. The van der Waals surface area contributed by atoms with Crippen molar-refractivity contribution in [1.29, 1.82) is 0 Å². The number of guanidine groups is 1. The summed E-state index contributed by atoms with van der Waals surface area (Å²) in [6.07, 6.45) is -1.80. The normalized spacial score (nSPS) is 24.1. The van der Waals surface area contributed by atoms with Crippen LogP contribution in [-0.2, 0) is 86.4 Å². The lowest BCUT2D eigenvalue weighted by molar-refractivity contribution is -0.137. The molecule has 2 heterocycles. The fraction of sp³-hybridized carbons (Fsp3) is 0.533. The van der Waals surface area contributed by atoms with Gasteiger partial charge in [-0.25, -0.2) is 0 Å². The Balaban J connectivity index is 1.55. The number of aliphatic imine (C=N–C) groups is 1. The number of rotatable bonds is 23. The number of primary amides is 2. The Kier molecular flexibility index (Phi) is 37.8. The zero-order valence-corrected chi connectivity index (χ0v) is 64.0. The third-order valence-corrected chi connectivity index (χ3v) is 18.7. The Bertz CT molecular complexity index is 3870. The second-order valence-electron chi connectivity index (χ2n) is 28.6. The number of para-hydroxylation sites is 1. The van der Waals surface area contributed by atoms with E-state index in [1.807, 2.05) is 0 Å². The Labute approximate surface area is 649 Å². The number of carbonyl (C=O) groups excluding carboxylic acids is 14. The fourth-order valence-corrected chi connectivity index (χ4v) is 12.2. The number of phenolic OH excluding ortho intramolecular Hbond substituents is 1. The van der Waals surface area contributed by atoms with E-state index < -0.39 is 192 Å². The van der Waals surface area contributed by atoms with Gasteiger partial charge in [0, 0.05) is 68.8 Å². The van der Waals surface area contributed by atoms with Gasteiger partial charge in [-0.1, -0.05) is 88.4 Å². The number of benzene rings is 3. The smallest absolute Gasteiger partial charge is 0.245 e. The third kappa shape index (κ3) is 30.9. The van der Waals surface area contributed by atoms with Gasteiger partial charge in [0.05, 0.1) is 18.2 Å². The van der Waals surface area contributed by atoms with Gasteiger partial charge in [0.1, 0.15) is 66.2 Å². The number of nitrogens with two attached hydrogens (primary N) is 7. The fourth-order valence-electron chi connectivity index (χ4n) is 12.2. The predicted molar refractivity (Wildman–Crippen MR) is 415 cm³/mol. The predicted octanol–water partition coefficient (Wildman–Crippen LogP) is -4.38. The van der Waals surface area contributed by atoms with Crippen LogP contribution in [0.1, 0.15) is 135 Å². The molecule has 37 heteroatoms. The molecule has 0 saturated carbocycles. The molecule has 29 N–H and O–H groups in total. The van der Waals surface area contributed by atoms with Crippen LogP contribution in [0.3, 0.4) is 0 Å². The van der Waals surface area contributed by atoms with Gasteiger partial charge in [0.2, 0.25) is 82.7 Å². The van der Waals surface area contributed by atoms with E-state index in [1.165, 1.54) is 31.2 Å². The number of nitrogens with zero attached hydrogens (tertiary/aromatic N) is 1. The minimum Gasteiger partial charge on any atom is -0.508 e. The number of aliphatic hydroxyl groups excluding tert-OH is 1. The first-order chi connectivity index (χ1) is 53.1. The number of carbonyl (C=O) groups is 14. The molecule has 1 fully saturated rings. The van der Waals surface area contributed by atoms with Crippen molar-refractivity contribution in [2.75, 3.05) is 26.2 Å². The number of nitrogens with one attached hydrogen (secondary N) is 13. The lowest BCUT2D eigenvalue weighted by atomic mass is 10.00. The number of fused-ring (bicyclic) bond motifs is 1. The molecule has 3 aromatic carbocycles. The molecular formula is C75H113N21O16. The third-order valence-electron chi connectivity index (χ3n) is 18.7. The van der Waals surface area contributed by atoms with Crippen molar-refractivity contribution in [3.05, 3.63) is 102 Å². The number of hydrogen-bond acceptors (Lipinski definition) is 20. The summed E-state index contributed by atoms with van der Waals surface area (Å²) in [5.41, 5.74) is 43.1. The average Bonchev–Trinajstić information content (AvgIpc) is 1.61. The van der Waals surface area contributed by atoms with Crippen LogP contribution in [0.4, 0.5) is 0 Å². The van der Waals surface area contributed by atoms with Gasteiger partial charge in [-0.05, 0) is 131 Å². The van der Waals surface area contributed by atoms with Crippen molar-refractivity contribution >= 4 is 99.6 Å². The summed E-state index contributed by atoms with van der Waals surface area (Å²) in [5, 5.41) is 53.7. The Morgan fingerprint density at radius 2 is 0.848 bits per heavy atom. The summed E-state index contributed by atoms with van der Waals surface area (Å²) in [4.78, 5) is 205. The van der Waals surface area contributed by atoms with Crippen molar-refractivity contribution in [3.8, 4) is 5.75 Å². The van der Waals surface area contributed by atoms with Gasteiger partial charge in [-0.15, -0.1) is 0 Å². The minimum atomic E-state index is -1.78. The second-order valence-corrected chi connectivity index (χ2v) is 28.6. The number of unbranched alkanes of at least 4 members (excludes halogenated alkanes) is 1. The first-order valence-electron chi connectivity index (χ1n) is 37.6. The molecule has 1 aliphatic heterocycles. The van der Waals surface area contributed by atoms with Crippen LogP contribution < -0.4 is 104 Å². The highest BCUT2D eigenvalue weighted by Gasteiger charge is 2.38. The summed E-state index contributed by atoms with van der Waals surface area (Å²) in [6, 6.07) is 3.51. The molecule has 1 saturated heterocycles. The van der Waals surface area contributed by atoms with Gasteiger partial charge in [0.15, 0.2) is 5.96 Å². The molecule has 4 aromatic rings. The van der Waals surface area contributed by atoms with E-state index in [0.717, 1.165) is 0 Å². The highest BCUT2D eigenvalue weighted by atomic mass is 16.3. The van der Waals surface area contributed by atoms with Crippen molar-refractivity contribution in [2.24, 2.45) is 57.0 Å². The van der Waals surface area contributed by atoms with E-state index in [4.69, 9.17) is 40.1 Å². The Morgan fingerprint density at radius 3 is 1.36 bits per heavy atom. The maximum Gasteiger partial charge on any atom is 0.245 e. The molecule has 1 aliphatic rings. The van der Waals surface area contributed by atoms with Gasteiger partial charge in [0.25, 0.3) is 0 Å². The molecule has 0 radical (unpaired) electrons. The van der Waals surface area contributed by atoms with Gasteiger partial charge >= 0.3 is 0 Å². The zero-order chi connectivity index (χ0) is 82.7. The van der Waals surface area contributed by atoms with E-state index >= 15 is 4.79 Å². The molecule has 614 valence electrons. The Morgan fingerprint density at radius 1 is 0.446 bits per heavy atom. The quantitative estimate of drug-likeness (QED) is 0.0189. The first kappa shape index (κ1) is 91.3. The highest BCUT2D eigenvalue weighted by Crippen LogP contribution is 2.21. The second kappa shape index (κ2) is 46.4. The largest absolute Gasteiger partial charge is 0.508 e. The summed E-state index contributed by atoms with van der Waals surface area (Å²) >= 11 is 0. The Hall–Kier alpha value is -11.3. The molecule has 13 atom stereocenters. The molecular weight excluding hydrogens is 1450 g/mol. The van der Waals surface area contributed by atoms with E-state index in [2.05, 4.69) is 73.8 Å². The van der Waals surface area contributed by atoms with E-state index in [9.17, 15) is 72.5 Å². The van der Waals surface area contributed by atoms with Crippen LogP contribution in [0.2, 0.25) is 0 Å². The number of aromatic amines is 1. The van der Waals surface area contributed by atoms with Crippen molar-refractivity contribution in [3.63, 3.8) is 0 Å². The molecule has 6 unspecified atom stereocenters. The molecule has 0 aliphatic carbocycles. The molecule has 112 heavy (non-hydrogen) atoms. The maximum atomic E-state index is 15.0. The topological polar surface area (TPSA) is 634 Å². The van der Waals surface area contributed by atoms with Gasteiger partial charge in [-0.2, -0.15) is 0 Å².